The van der Waals surface area contributed by atoms with E-state index in [0.29, 0.717) is 47.3 Å². The summed E-state index contributed by atoms with van der Waals surface area (Å²) in [5.41, 5.74) is 1.95. The maximum Gasteiger partial charge on any atom is 0.416 e. The van der Waals surface area contributed by atoms with E-state index in [2.05, 4.69) is 39.4 Å². The Labute approximate surface area is 183 Å². The number of nitrogens with zero attached hydrogens (tertiary/aromatic N) is 5. The highest BCUT2D eigenvalue weighted by Crippen LogP contribution is 2.30. The minimum Gasteiger partial charge on any atom is -0.364 e. The number of hydrogen-bond acceptors (Lipinski definition) is 5. The molecule has 1 N–H and O–H groups in total. The number of halogens is 3. The molecule has 0 radical (unpaired) electrons. The number of aromatic nitrogens is 5. The van der Waals surface area contributed by atoms with Crippen molar-refractivity contribution in [3.05, 3.63) is 77.1 Å². The van der Waals surface area contributed by atoms with Crippen LogP contribution < -0.4 is 5.32 Å². The van der Waals surface area contributed by atoms with Crippen LogP contribution in [0.5, 0.6) is 0 Å². The fraction of sp³-hybridized carbons (Fsp3) is 0.304. The third kappa shape index (κ3) is 5.04. The Morgan fingerprint density at radius 2 is 1.72 bits per heavy atom. The molecular weight excluding hydrogens is 417 g/mol. The summed E-state index contributed by atoms with van der Waals surface area (Å²) in [5, 5.41) is 11.6. The topological polar surface area (TPSA) is 68.5 Å². The molecule has 2 aromatic heterocycles. The Hall–Kier alpha value is -3.49. The molecule has 2 heterocycles. The molecule has 0 bridgehead atoms. The standard InChI is InChI=1S/C23H23F3N6/c1-15(2)11-19-28-21(27-13-17-9-6-10-18(12-17)23(24,25)26)20-22(29-19)32(31-30-20)14-16-7-4-3-5-8-16/h3-10,12,15H,11,13-14H2,1-2H3,(H,27,28,29). The van der Waals surface area contributed by atoms with Gasteiger partial charge in [-0.15, -0.1) is 5.10 Å². The quantitative estimate of drug-likeness (QED) is 0.433. The van der Waals surface area contributed by atoms with Crippen molar-refractivity contribution in [2.45, 2.75) is 39.5 Å². The van der Waals surface area contributed by atoms with Crippen LogP contribution in [0.15, 0.2) is 54.6 Å². The molecule has 0 fully saturated rings. The Morgan fingerprint density at radius 3 is 2.44 bits per heavy atom. The first-order chi connectivity index (χ1) is 15.3. The van der Waals surface area contributed by atoms with Crippen molar-refractivity contribution in [1.29, 1.82) is 0 Å². The lowest BCUT2D eigenvalue weighted by molar-refractivity contribution is -0.137. The van der Waals surface area contributed by atoms with Gasteiger partial charge >= 0.3 is 6.18 Å². The van der Waals surface area contributed by atoms with Gasteiger partial charge in [-0.05, 0) is 29.2 Å². The summed E-state index contributed by atoms with van der Waals surface area (Å²) >= 11 is 0. The molecule has 0 aliphatic heterocycles. The van der Waals surface area contributed by atoms with Gasteiger partial charge in [0.2, 0.25) is 0 Å². The fourth-order valence-corrected chi connectivity index (χ4v) is 3.39. The van der Waals surface area contributed by atoms with Crippen LogP contribution in [0.3, 0.4) is 0 Å². The van der Waals surface area contributed by atoms with E-state index >= 15 is 0 Å². The van der Waals surface area contributed by atoms with Crippen LogP contribution in [-0.4, -0.2) is 25.0 Å². The third-order valence-corrected chi connectivity index (χ3v) is 4.89. The summed E-state index contributed by atoms with van der Waals surface area (Å²) in [6.45, 7) is 4.82. The first-order valence-corrected chi connectivity index (χ1v) is 10.3. The highest BCUT2D eigenvalue weighted by Gasteiger charge is 2.30. The van der Waals surface area contributed by atoms with Crippen molar-refractivity contribution >= 4 is 17.0 Å². The monoisotopic (exact) mass is 440 g/mol. The van der Waals surface area contributed by atoms with Crippen molar-refractivity contribution in [3.63, 3.8) is 0 Å². The lowest BCUT2D eigenvalue weighted by Gasteiger charge is -2.12. The van der Waals surface area contributed by atoms with E-state index < -0.39 is 11.7 Å². The van der Waals surface area contributed by atoms with Crippen LogP contribution in [0.2, 0.25) is 0 Å². The molecule has 0 aliphatic carbocycles. The normalized spacial score (nSPS) is 11.9. The minimum atomic E-state index is -4.39. The average Bonchev–Trinajstić information content (AvgIpc) is 3.14. The highest BCUT2D eigenvalue weighted by atomic mass is 19.4. The van der Waals surface area contributed by atoms with E-state index in [1.54, 1.807) is 10.7 Å². The summed E-state index contributed by atoms with van der Waals surface area (Å²) < 4.78 is 40.8. The highest BCUT2D eigenvalue weighted by molar-refractivity contribution is 5.82. The van der Waals surface area contributed by atoms with Gasteiger partial charge in [-0.25, -0.2) is 14.6 Å². The average molecular weight is 440 g/mol. The van der Waals surface area contributed by atoms with Crippen molar-refractivity contribution in [1.82, 2.24) is 25.0 Å². The number of hydrogen-bond donors (Lipinski definition) is 1. The summed E-state index contributed by atoms with van der Waals surface area (Å²) in [5.74, 6) is 1.43. The molecule has 0 spiro atoms. The van der Waals surface area contributed by atoms with Crippen LogP contribution in [0, 0.1) is 5.92 Å². The van der Waals surface area contributed by atoms with E-state index in [-0.39, 0.29) is 6.54 Å². The predicted octanol–water partition coefficient (Wildman–Crippen LogP) is 5.10. The molecule has 32 heavy (non-hydrogen) atoms. The number of fused-ring (bicyclic) bond motifs is 1. The van der Waals surface area contributed by atoms with Gasteiger partial charge < -0.3 is 5.32 Å². The molecule has 0 aliphatic rings. The van der Waals surface area contributed by atoms with Crippen LogP contribution in [-0.2, 0) is 25.7 Å². The van der Waals surface area contributed by atoms with Crippen LogP contribution in [0.4, 0.5) is 19.0 Å². The Balaban J connectivity index is 1.65. The Bertz CT molecular complexity index is 1200. The summed E-state index contributed by atoms with van der Waals surface area (Å²) in [6.07, 6.45) is -3.73. The van der Waals surface area contributed by atoms with Gasteiger partial charge in [-0.1, -0.05) is 61.5 Å². The van der Waals surface area contributed by atoms with E-state index in [1.165, 1.54) is 6.07 Å². The number of benzene rings is 2. The van der Waals surface area contributed by atoms with E-state index in [4.69, 9.17) is 0 Å². The molecule has 0 atom stereocenters. The molecule has 9 heteroatoms. The summed E-state index contributed by atoms with van der Waals surface area (Å²) in [7, 11) is 0. The smallest absolute Gasteiger partial charge is 0.364 e. The van der Waals surface area contributed by atoms with Gasteiger partial charge in [0.25, 0.3) is 0 Å². The SMILES string of the molecule is CC(C)Cc1nc(NCc2cccc(C(F)(F)F)c2)c2nnn(Cc3ccccc3)c2n1. The van der Waals surface area contributed by atoms with Crippen molar-refractivity contribution in [2.24, 2.45) is 5.92 Å². The Morgan fingerprint density at radius 1 is 0.969 bits per heavy atom. The molecule has 4 aromatic rings. The predicted molar refractivity (Wildman–Crippen MR) is 116 cm³/mol. The third-order valence-electron chi connectivity index (χ3n) is 4.89. The molecule has 0 saturated heterocycles. The van der Waals surface area contributed by atoms with E-state index in [9.17, 15) is 13.2 Å². The van der Waals surface area contributed by atoms with Gasteiger partial charge in [0.15, 0.2) is 17.0 Å². The zero-order valence-electron chi connectivity index (χ0n) is 17.8. The first-order valence-electron chi connectivity index (χ1n) is 10.3. The molecule has 2 aromatic carbocycles. The molecule has 0 saturated carbocycles. The number of anilines is 1. The zero-order valence-corrected chi connectivity index (χ0v) is 17.8. The fourth-order valence-electron chi connectivity index (χ4n) is 3.39. The van der Waals surface area contributed by atoms with Gasteiger partial charge in [-0.3, -0.25) is 0 Å². The molecule has 0 amide bonds. The first kappa shape index (κ1) is 21.7. The molecule has 166 valence electrons. The maximum atomic E-state index is 13.0. The second-order valence-corrected chi connectivity index (χ2v) is 8.04. The summed E-state index contributed by atoms with van der Waals surface area (Å²) in [4.78, 5) is 9.26. The van der Waals surface area contributed by atoms with Crippen LogP contribution in [0.25, 0.3) is 11.2 Å². The lowest BCUT2D eigenvalue weighted by atomic mass is 10.1. The van der Waals surface area contributed by atoms with Gasteiger partial charge in [0, 0.05) is 13.0 Å². The maximum absolute atomic E-state index is 13.0. The van der Waals surface area contributed by atoms with Gasteiger partial charge in [0.1, 0.15) is 5.82 Å². The van der Waals surface area contributed by atoms with Crippen molar-refractivity contribution in [3.8, 4) is 0 Å². The second kappa shape index (κ2) is 8.94. The number of alkyl halides is 3. The molecule has 6 nitrogen and oxygen atoms in total. The Kier molecular flexibility index (Phi) is 6.07. The van der Waals surface area contributed by atoms with E-state index in [1.807, 2.05) is 30.3 Å². The molecule has 0 unspecified atom stereocenters. The van der Waals surface area contributed by atoms with Crippen molar-refractivity contribution in [2.75, 3.05) is 5.32 Å². The second-order valence-electron chi connectivity index (χ2n) is 8.04. The number of nitrogens with one attached hydrogen (secondary N) is 1. The van der Waals surface area contributed by atoms with Crippen LogP contribution in [0.1, 0.15) is 36.4 Å². The zero-order chi connectivity index (χ0) is 22.7. The number of rotatable bonds is 7. The molecular formula is C23H23F3N6. The van der Waals surface area contributed by atoms with E-state index in [0.717, 1.165) is 17.7 Å². The van der Waals surface area contributed by atoms with Gasteiger partial charge in [0.05, 0.1) is 12.1 Å². The lowest BCUT2D eigenvalue weighted by Crippen LogP contribution is -2.10. The van der Waals surface area contributed by atoms with Crippen molar-refractivity contribution < 1.29 is 13.2 Å². The summed E-state index contributed by atoms with van der Waals surface area (Å²) in [6, 6.07) is 15.1. The molecule has 4 rings (SSSR count). The van der Waals surface area contributed by atoms with Crippen LogP contribution >= 0.6 is 0 Å². The van der Waals surface area contributed by atoms with Gasteiger partial charge in [-0.2, -0.15) is 13.2 Å². The largest absolute Gasteiger partial charge is 0.416 e. The minimum absolute atomic E-state index is 0.169.